The van der Waals surface area contributed by atoms with Crippen molar-refractivity contribution < 1.29 is 4.42 Å². The van der Waals surface area contributed by atoms with Crippen molar-refractivity contribution in [3.8, 4) is 50.2 Å². The monoisotopic (exact) mass is 854 g/mol. The zero-order valence-electron chi connectivity index (χ0n) is 36.6. The molecule has 0 saturated carbocycles. The molecule has 0 aliphatic rings. The van der Waals surface area contributed by atoms with Gasteiger partial charge in [0.15, 0.2) is 0 Å². The van der Waals surface area contributed by atoms with Crippen LogP contribution in [0.4, 0.5) is 17.1 Å². The molecule has 0 N–H and O–H groups in total. The molecule has 3 heteroatoms. The van der Waals surface area contributed by atoms with Crippen LogP contribution in [0.5, 0.6) is 0 Å². The van der Waals surface area contributed by atoms with E-state index in [-0.39, 0.29) is 0 Å². The molecule has 67 heavy (non-hydrogen) atoms. The maximum atomic E-state index is 6.38. The third-order valence-electron chi connectivity index (χ3n) is 13.4. The molecule has 0 radical (unpaired) electrons. The molecular formula is C64H42N2O. The van der Waals surface area contributed by atoms with Gasteiger partial charge >= 0.3 is 0 Å². The van der Waals surface area contributed by atoms with Crippen LogP contribution in [-0.4, -0.2) is 4.57 Å². The van der Waals surface area contributed by atoms with Crippen molar-refractivity contribution in [2.24, 2.45) is 0 Å². The highest BCUT2D eigenvalue weighted by Crippen LogP contribution is 2.41. The SMILES string of the molecule is c1cc(N(c2ccc(-c3ccc(-c4cccc5ccccc45)cc3)cc2)c2ccc(-c3ccc(-c4cccc5c4oc4ccccc45)cc3)cc2)cc(-n2c3ccccc3c3ccccc32)c1. The van der Waals surface area contributed by atoms with E-state index < -0.39 is 0 Å². The Hall–Kier alpha value is -8.92. The number of anilines is 3. The first-order chi connectivity index (χ1) is 33.2. The summed E-state index contributed by atoms with van der Waals surface area (Å²) in [6.07, 6.45) is 0. The van der Waals surface area contributed by atoms with Gasteiger partial charge in [-0.3, -0.25) is 0 Å². The fourth-order valence-corrected chi connectivity index (χ4v) is 10.2. The van der Waals surface area contributed by atoms with Gasteiger partial charge in [0.25, 0.3) is 0 Å². The van der Waals surface area contributed by atoms with Crippen LogP contribution in [0.1, 0.15) is 0 Å². The number of benzene rings is 11. The fraction of sp³-hybridized carbons (Fsp3) is 0. The van der Waals surface area contributed by atoms with Crippen molar-refractivity contribution in [1.82, 2.24) is 4.57 Å². The lowest BCUT2D eigenvalue weighted by Gasteiger charge is -2.26. The van der Waals surface area contributed by atoms with Crippen LogP contribution in [0.2, 0.25) is 0 Å². The molecule has 0 aliphatic carbocycles. The lowest BCUT2D eigenvalue weighted by molar-refractivity contribution is 0.670. The smallest absolute Gasteiger partial charge is 0.143 e. The number of rotatable bonds is 8. The van der Waals surface area contributed by atoms with Gasteiger partial charge in [-0.2, -0.15) is 0 Å². The minimum atomic E-state index is 0.910. The van der Waals surface area contributed by atoms with Gasteiger partial charge in [0.1, 0.15) is 11.2 Å². The Bertz CT molecular complexity index is 3890. The summed E-state index contributed by atoms with van der Waals surface area (Å²) in [5.41, 5.74) is 17.9. The summed E-state index contributed by atoms with van der Waals surface area (Å²) in [4.78, 5) is 2.37. The molecule has 0 bridgehead atoms. The van der Waals surface area contributed by atoms with E-state index in [0.29, 0.717) is 0 Å². The lowest BCUT2D eigenvalue weighted by Crippen LogP contribution is -2.10. The van der Waals surface area contributed by atoms with E-state index in [9.17, 15) is 0 Å². The average Bonchev–Trinajstić information content (AvgIpc) is 3.96. The first kappa shape index (κ1) is 38.5. The Morgan fingerprint density at radius 1 is 0.299 bits per heavy atom. The molecule has 0 saturated heterocycles. The average molecular weight is 855 g/mol. The number of para-hydroxylation sites is 4. The van der Waals surface area contributed by atoms with Gasteiger partial charge in [0, 0.05) is 49.9 Å². The van der Waals surface area contributed by atoms with Gasteiger partial charge in [-0.15, -0.1) is 0 Å². The molecule has 0 aliphatic heterocycles. The Morgan fingerprint density at radius 3 is 1.39 bits per heavy atom. The Labute approximate surface area is 388 Å². The van der Waals surface area contributed by atoms with Crippen molar-refractivity contribution in [1.29, 1.82) is 0 Å². The molecule has 0 amide bonds. The third kappa shape index (κ3) is 6.67. The van der Waals surface area contributed by atoms with E-state index >= 15 is 0 Å². The Morgan fingerprint density at radius 2 is 0.746 bits per heavy atom. The second-order valence-electron chi connectivity index (χ2n) is 17.3. The standard InChI is InChI=1S/C64H42N2O/c1-2-16-54-47(12-1)13-9-20-55(54)48-30-26-43(27-31-48)45-34-38-50(39-35-45)65(52-14-10-15-53(42-52)66-61-23-6-3-17-57(61)58-18-4-7-24-62(58)66)51-40-36-46(37-41-51)44-28-32-49(33-29-44)56-21-11-22-60-59-19-5-8-25-63(59)67-64(56)60/h1-42H. The van der Waals surface area contributed by atoms with Gasteiger partial charge in [0.05, 0.1) is 11.0 Å². The second kappa shape index (κ2) is 16.0. The van der Waals surface area contributed by atoms with Crippen LogP contribution in [0.15, 0.2) is 259 Å². The minimum absolute atomic E-state index is 0.910. The predicted molar refractivity (Wildman–Crippen MR) is 282 cm³/mol. The molecule has 314 valence electrons. The van der Waals surface area contributed by atoms with Gasteiger partial charge in [-0.1, -0.05) is 194 Å². The molecule has 2 aromatic heterocycles. The zero-order valence-corrected chi connectivity index (χ0v) is 36.6. The minimum Gasteiger partial charge on any atom is -0.455 e. The lowest BCUT2D eigenvalue weighted by atomic mass is 9.96. The van der Waals surface area contributed by atoms with Crippen molar-refractivity contribution in [3.63, 3.8) is 0 Å². The quantitative estimate of drug-likeness (QED) is 0.152. The number of aromatic nitrogens is 1. The summed E-state index contributed by atoms with van der Waals surface area (Å²) in [7, 11) is 0. The molecule has 13 rings (SSSR count). The summed E-state index contributed by atoms with van der Waals surface area (Å²) in [5, 5.41) is 7.29. The van der Waals surface area contributed by atoms with Crippen LogP contribution in [0, 0.1) is 0 Å². The van der Waals surface area contributed by atoms with E-state index in [2.05, 4.69) is 252 Å². The maximum absolute atomic E-state index is 6.38. The van der Waals surface area contributed by atoms with Crippen LogP contribution in [-0.2, 0) is 0 Å². The summed E-state index contributed by atoms with van der Waals surface area (Å²) < 4.78 is 8.77. The molecule has 0 unspecified atom stereocenters. The largest absolute Gasteiger partial charge is 0.455 e. The Kier molecular flexibility index (Phi) is 9.17. The number of hydrogen-bond donors (Lipinski definition) is 0. The van der Waals surface area contributed by atoms with Crippen LogP contribution >= 0.6 is 0 Å². The summed E-state index contributed by atoms with van der Waals surface area (Å²) in [5.74, 6) is 0. The van der Waals surface area contributed by atoms with E-state index in [1.165, 1.54) is 54.8 Å². The van der Waals surface area contributed by atoms with Crippen LogP contribution in [0.25, 0.3) is 105 Å². The fourth-order valence-electron chi connectivity index (χ4n) is 10.2. The molecule has 0 spiro atoms. The second-order valence-corrected chi connectivity index (χ2v) is 17.3. The van der Waals surface area contributed by atoms with Crippen molar-refractivity contribution in [3.05, 3.63) is 255 Å². The summed E-state index contributed by atoms with van der Waals surface area (Å²) >= 11 is 0. The maximum Gasteiger partial charge on any atom is 0.143 e. The summed E-state index contributed by atoms with van der Waals surface area (Å²) in [6, 6.07) is 91.9. The summed E-state index contributed by atoms with van der Waals surface area (Å²) in [6.45, 7) is 0. The number of nitrogens with zero attached hydrogens (tertiary/aromatic N) is 2. The van der Waals surface area contributed by atoms with Crippen LogP contribution < -0.4 is 4.90 Å². The van der Waals surface area contributed by atoms with Crippen molar-refractivity contribution >= 4 is 71.6 Å². The number of hydrogen-bond acceptors (Lipinski definition) is 2. The normalized spacial score (nSPS) is 11.6. The first-order valence-corrected chi connectivity index (χ1v) is 22.9. The van der Waals surface area contributed by atoms with Crippen LogP contribution in [0.3, 0.4) is 0 Å². The number of fused-ring (bicyclic) bond motifs is 7. The zero-order chi connectivity index (χ0) is 44.3. The third-order valence-corrected chi connectivity index (χ3v) is 13.4. The van der Waals surface area contributed by atoms with Gasteiger partial charge < -0.3 is 13.9 Å². The highest BCUT2D eigenvalue weighted by atomic mass is 16.3. The van der Waals surface area contributed by atoms with Gasteiger partial charge in [-0.05, 0) is 110 Å². The molecule has 0 atom stereocenters. The highest BCUT2D eigenvalue weighted by Gasteiger charge is 2.18. The topological polar surface area (TPSA) is 21.3 Å². The van der Waals surface area contributed by atoms with Gasteiger partial charge in [-0.25, -0.2) is 0 Å². The van der Waals surface area contributed by atoms with E-state index in [1.54, 1.807) is 0 Å². The van der Waals surface area contributed by atoms with E-state index in [1.807, 2.05) is 12.1 Å². The first-order valence-electron chi connectivity index (χ1n) is 22.9. The predicted octanol–water partition coefficient (Wildman–Crippen LogP) is 18.0. The van der Waals surface area contributed by atoms with E-state index in [0.717, 1.165) is 66.9 Å². The molecule has 2 heterocycles. The Balaban J connectivity index is 0.862. The van der Waals surface area contributed by atoms with Crippen molar-refractivity contribution in [2.45, 2.75) is 0 Å². The molecule has 13 aromatic rings. The van der Waals surface area contributed by atoms with Gasteiger partial charge in [0.2, 0.25) is 0 Å². The van der Waals surface area contributed by atoms with E-state index in [4.69, 9.17) is 4.42 Å². The molecular weight excluding hydrogens is 813 g/mol. The molecule has 3 nitrogen and oxygen atoms in total. The highest BCUT2D eigenvalue weighted by molar-refractivity contribution is 6.10. The molecule has 11 aromatic carbocycles. The van der Waals surface area contributed by atoms with Crippen molar-refractivity contribution in [2.75, 3.05) is 4.90 Å². The molecule has 0 fully saturated rings. The number of furan rings is 1.